The molecule has 1 unspecified atom stereocenters. The van der Waals surface area contributed by atoms with E-state index in [4.69, 9.17) is 14.4 Å². The van der Waals surface area contributed by atoms with Gasteiger partial charge in [-0.25, -0.2) is 9.63 Å². The van der Waals surface area contributed by atoms with Gasteiger partial charge in [0.25, 0.3) is 0 Å². The minimum atomic E-state index is -3.26. The largest absolute Gasteiger partial charge is 0.410 e. The van der Waals surface area contributed by atoms with Gasteiger partial charge in [0.1, 0.15) is 0 Å². The van der Waals surface area contributed by atoms with Gasteiger partial charge in [-0.05, 0) is 31.7 Å². The number of aliphatic imine (C=N–C) groups is 1. The third-order valence-electron chi connectivity index (χ3n) is 2.55. The van der Waals surface area contributed by atoms with Crippen LogP contribution >= 0.6 is 18.2 Å². The third kappa shape index (κ3) is 4.67. The Kier molecular flexibility index (Phi) is 7.38. The monoisotopic (exact) mass is 320 g/mol. The Hall–Kier alpha value is -0.740. The van der Waals surface area contributed by atoms with Crippen LogP contribution in [0.4, 0.5) is 0 Å². The summed E-state index contributed by atoms with van der Waals surface area (Å²) in [5.74, 6) is 1.08. The van der Waals surface area contributed by atoms with Crippen molar-refractivity contribution in [3.05, 3.63) is 0 Å². The van der Waals surface area contributed by atoms with Crippen molar-refractivity contribution in [2.45, 2.75) is 27.2 Å². The molecule has 0 radical (unpaired) electrons. The maximum atomic E-state index is 12.6. The second-order valence-electron chi connectivity index (χ2n) is 3.97. The van der Waals surface area contributed by atoms with Gasteiger partial charge in [0.05, 0.1) is 13.2 Å². The van der Waals surface area contributed by atoms with E-state index in [9.17, 15) is 4.57 Å². The maximum absolute atomic E-state index is 12.6. The number of hydrogen-bond acceptors (Lipinski definition) is 6. The Labute approximate surface area is 124 Å². The zero-order chi connectivity index (χ0) is 15.0. The van der Waals surface area contributed by atoms with Gasteiger partial charge in [-0.2, -0.15) is 9.89 Å². The van der Waals surface area contributed by atoms with Gasteiger partial charge >= 0.3 is 6.80 Å². The Morgan fingerprint density at radius 1 is 1.45 bits per heavy atom. The molecule has 7 nitrogen and oxygen atoms in total. The SMILES string of the molecule is CCCSP(=O)(OCC)ON1CCN(CC)C1=NC#N. The van der Waals surface area contributed by atoms with Crippen molar-refractivity contribution in [2.24, 2.45) is 4.99 Å². The topological polar surface area (TPSA) is 78.2 Å². The van der Waals surface area contributed by atoms with Crippen LogP contribution in [-0.2, 0) is 13.7 Å². The summed E-state index contributed by atoms with van der Waals surface area (Å²) < 4.78 is 23.4. The van der Waals surface area contributed by atoms with Crippen molar-refractivity contribution in [3.63, 3.8) is 0 Å². The first kappa shape index (κ1) is 17.3. The number of hydroxylamine groups is 2. The second-order valence-corrected chi connectivity index (χ2v) is 8.07. The highest BCUT2D eigenvalue weighted by Crippen LogP contribution is 2.61. The Bertz CT molecular complexity index is 426. The highest BCUT2D eigenvalue weighted by Gasteiger charge is 2.35. The first-order valence-corrected chi connectivity index (χ1v) is 9.81. The van der Waals surface area contributed by atoms with Gasteiger partial charge in [0.2, 0.25) is 12.2 Å². The van der Waals surface area contributed by atoms with E-state index in [1.54, 1.807) is 13.1 Å². The molecule has 1 atom stereocenters. The number of rotatable bonds is 8. The summed E-state index contributed by atoms with van der Waals surface area (Å²) in [6, 6.07) is 0. The van der Waals surface area contributed by atoms with E-state index in [0.29, 0.717) is 38.0 Å². The van der Waals surface area contributed by atoms with Gasteiger partial charge in [-0.1, -0.05) is 6.92 Å². The summed E-state index contributed by atoms with van der Waals surface area (Å²) >= 11 is 1.18. The van der Waals surface area contributed by atoms with Crippen LogP contribution in [0.25, 0.3) is 0 Å². The fraction of sp³-hybridized carbons (Fsp3) is 0.818. The van der Waals surface area contributed by atoms with E-state index >= 15 is 0 Å². The minimum absolute atomic E-state index is 0.310. The molecule has 1 aliphatic heterocycles. The van der Waals surface area contributed by atoms with E-state index < -0.39 is 6.80 Å². The van der Waals surface area contributed by atoms with Gasteiger partial charge < -0.3 is 4.90 Å². The van der Waals surface area contributed by atoms with Crippen LogP contribution in [0, 0.1) is 11.5 Å². The second kappa shape index (κ2) is 8.53. The van der Waals surface area contributed by atoms with Crippen LogP contribution in [-0.4, -0.2) is 47.9 Å². The first-order valence-electron chi connectivity index (χ1n) is 6.68. The molecule has 0 amide bonds. The molecule has 20 heavy (non-hydrogen) atoms. The van der Waals surface area contributed by atoms with E-state index in [1.807, 2.05) is 18.7 Å². The van der Waals surface area contributed by atoms with Crippen molar-refractivity contribution in [1.82, 2.24) is 9.96 Å². The zero-order valence-corrected chi connectivity index (χ0v) is 13.8. The summed E-state index contributed by atoms with van der Waals surface area (Å²) in [7, 11) is 0. The normalized spacial score (nSPS) is 20.2. The highest BCUT2D eigenvalue weighted by molar-refractivity contribution is 8.55. The van der Waals surface area contributed by atoms with Gasteiger partial charge in [-0.15, -0.1) is 4.99 Å². The molecule has 1 aliphatic rings. The molecule has 0 spiro atoms. The Balaban J connectivity index is 2.80. The molecule has 1 fully saturated rings. The summed E-state index contributed by atoms with van der Waals surface area (Å²) in [5, 5.41) is 10.2. The molecule has 1 rings (SSSR count). The van der Waals surface area contributed by atoms with Gasteiger partial charge in [0.15, 0.2) is 0 Å². The molecule has 0 aromatic heterocycles. The predicted molar refractivity (Wildman–Crippen MR) is 80.1 cm³/mol. The molecule has 0 bridgehead atoms. The van der Waals surface area contributed by atoms with Crippen molar-refractivity contribution >= 4 is 24.1 Å². The highest BCUT2D eigenvalue weighted by atomic mass is 32.7. The van der Waals surface area contributed by atoms with Crippen molar-refractivity contribution in [2.75, 3.05) is 32.0 Å². The van der Waals surface area contributed by atoms with E-state index in [1.165, 1.54) is 16.4 Å². The van der Waals surface area contributed by atoms with Gasteiger partial charge in [-0.3, -0.25) is 4.52 Å². The summed E-state index contributed by atoms with van der Waals surface area (Å²) in [4.78, 5) is 5.64. The standard InChI is InChI=1S/C11H21N4O3PS/c1-4-9-20-19(16,17-6-3)18-15-8-7-14(5-2)11(15)13-10-12/h4-9H2,1-3H3. The summed E-state index contributed by atoms with van der Waals surface area (Å²) in [6.45, 7) is 4.69. The molecule has 9 heteroatoms. The third-order valence-corrected chi connectivity index (χ3v) is 6.44. The number of hydrogen-bond donors (Lipinski definition) is 0. The lowest BCUT2D eigenvalue weighted by atomic mass is 10.6. The molecule has 0 aromatic rings. The van der Waals surface area contributed by atoms with Crippen molar-refractivity contribution < 1.29 is 13.7 Å². The molecule has 0 aromatic carbocycles. The molecule has 0 aliphatic carbocycles. The van der Waals surface area contributed by atoms with Crippen LogP contribution in [0.1, 0.15) is 27.2 Å². The molecule has 0 saturated carbocycles. The maximum Gasteiger partial charge on any atom is 0.410 e. The molecule has 1 saturated heterocycles. The molecular formula is C11H21N4O3PS. The molecular weight excluding hydrogens is 299 g/mol. The van der Waals surface area contributed by atoms with Crippen LogP contribution in [0.15, 0.2) is 4.99 Å². The van der Waals surface area contributed by atoms with E-state index in [-0.39, 0.29) is 0 Å². The summed E-state index contributed by atoms with van der Waals surface area (Å²) in [6.07, 6.45) is 2.63. The smallest absolute Gasteiger partial charge is 0.339 e. The van der Waals surface area contributed by atoms with Crippen molar-refractivity contribution in [3.8, 4) is 6.19 Å². The fourth-order valence-corrected chi connectivity index (χ4v) is 5.11. The molecule has 0 N–H and O–H groups in total. The molecule has 1 heterocycles. The van der Waals surface area contributed by atoms with Crippen LogP contribution in [0.5, 0.6) is 0 Å². The predicted octanol–water partition coefficient (Wildman–Crippen LogP) is 2.68. The lowest BCUT2D eigenvalue weighted by Gasteiger charge is -2.24. The van der Waals surface area contributed by atoms with Crippen LogP contribution in [0.2, 0.25) is 0 Å². The minimum Gasteiger partial charge on any atom is -0.339 e. The Morgan fingerprint density at radius 2 is 2.20 bits per heavy atom. The average Bonchev–Trinajstić information content (AvgIpc) is 2.79. The van der Waals surface area contributed by atoms with Crippen LogP contribution in [0.3, 0.4) is 0 Å². The van der Waals surface area contributed by atoms with Crippen LogP contribution < -0.4 is 0 Å². The number of nitriles is 1. The summed E-state index contributed by atoms with van der Waals surface area (Å²) in [5.41, 5.74) is 0. The van der Waals surface area contributed by atoms with E-state index in [2.05, 4.69) is 4.99 Å². The zero-order valence-electron chi connectivity index (χ0n) is 12.1. The first-order chi connectivity index (χ1) is 9.60. The lowest BCUT2D eigenvalue weighted by molar-refractivity contribution is 0.0180. The lowest BCUT2D eigenvalue weighted by Crippen LogP contribution is -2.32. The van der Waals surface area contributed by atoms with E-state index in [0.717, 1.165) is 6.42 Å². The molecule has 114 valence electrons. The van der Waals surface area contributed by atoms with Gasteiger partial charge in [0, 0.05) is 18.8 Å². The quantitative estimate of drug-likeness (QED) is 0.502. The fourth-order valence-electron chi connectivity index (χ4n) is 1.68. The van der Waals surface area contributed by atoms with Crippen molar-refractivity contribution in [1.29, 1.82) is 5.26 Å². The number of nitrogens with zero attached hydrogens (tertiary/aromatic N) is 4. The number of likely N-dealkylation sites (N-methyl/N-ethyl adjacent to an activating group) is 1. The number of guanidine groups is 1. The Morgan fingerprint density at radius 3 is 2.75 bits per heavy atom. The average molecular weight is 320 g/mol.